The number of nitrogen functional groups attached to an aromatic ring is 1. The molecule has 0 spiro atoms. The lowest BCUT2D eigenvalue weighted by Gasteiger charge is -2.14. The molecule has 0 aliphatic heterocycles. The highest BCUT2D eigenvalue weighted by molar-refractivity contribution is 6.30. The number of nitrogens with two attached hydrogens (primary N) is 1. The van der Waals surface area contributed by atoms with Crippen LogP contribution in [-0.2, 0) is 0 Å². The van der Waals surface area contributed by atoms with Crippen LogP contribution >= 0.6 is 11.6 Å². The summed E-state index contributed by atoms with van der Waals surface area (Å²) < 4.78 is 0. The van der Waals surface area contributed by atoms with Crippen LogP contribution in [0.15, 0.2) is 24.3 Å². The van der Waals surface area contributed by atoms with E-state index in [9.17, 15) is 0 Å². The zero-order valence-corrected chi connectivity index (χ0v) is 14.2. The van der Waals surface area contributed by atoms with E-state index in [0.29, 0.717) is 22.6 Å². The molecule has 3 aromatic rings. The first-order chi connectivity index (χ1) is 11.4. The number of hydrogen-bond acceptors (Lipinski definition) is 8. The van der Waals surface area contributed by atoms with Crippen LogP contribution in [0.3, 0.4) is 0 Å². The molecule has 0 saturated carbocycles. The van der Waals surface area contributed by atoms with Crippen molar-refractivity contribution < 1.29 is 0 Å². The van der Waals surface area contributed by atoms with Gasteiger partial charge in [-0.3, -0.25) is 0 Å². The summed E-state index contributed by atoms with van der Waals surface area (Å²) in [7, 11) is 3.66. The molecule has 24 heavy (non-hydrogen) atoms. The van der Waals surface area contributed by atoms with Gasteiger partial charge in [-0.05, 0) is 36.4 Å². The molecule has 0 aliphatic carbocycles. The third-order valence-electron chi connectivity index (χ3n) is 3.31. The van der Waals surface area contributed by atoms with Crippen molar-refractivity contribution in [1.82, 2.24) is 35.2 Å². The Morgan fingerprint density at radius 2 is 1.83 bits per heavy atom. The summed E-state index contributed by atoms with van der Waals surface area (Å²) in [6.45, 7) is 1.86. The normalized spacial score (nSPS) is 12.2. The molecule has 0 amide bonds. The topological polar surface area (TPSA) is 112 Å². The quantitative estimate of drug-likeness (QED) is 0.755. The van der Waals surface area contributed by atoms with Crippen molar-refractivity contribution >= 4 is 23.5 Å². The van der Waals surface area contributed by atoms with Crippen molar-refractivity contribution in [3.63, 3.8) is 0 Å². The third-order valence-corrected chi connectivity index (χ3v) is 3.56. The first-order valence-corrected chi connectivity index (χ1v) is 7.56. The molecule has 0 fully saturated rings. The molecule has 1 aromatic carbocycles. The minimum absolute atomic E-state index is 0.147. The van der Waals surface area contributed by atoms with Gasteiger partial charge >= 0.3 is 0 Å². The number of hydrogen-bond donors (Lipinski definition) is 1. The molecule has 3 rings (SSSR count). The predicted octanol–water partition coefficient (Wildman–Crippen LogP) is 1.44. The van der Waals surface area contributed by atoms with Gasteiger partial charge in [0.1, 0.15) is 6.04 Å². The van der Waals surface area contributed by atoms with Crippen LogP contribution in [0.2, 0.25) is 5.02 Å². The second-order valence-electron chi connectivity index (χ2n) is 5.36. The molecule has 0 radical (unpaired) electrons. The Morgan fingerprint density at radius 1 is 1.12 bits per heavy atom. The standard InChI is InChI=1S/C14H16ClN9/c1-8(11-17-13(16)19-14(18-11)23(2)3)24-21-12(20-22-24)9-4-6-10(15)7-5-9/h4-8H,1-3H3,(H2,16,17,18,19)/t8-/m1/s1. The molecule has 0 unspecified atom stereocenters. The van der Waals surface area contributed by atoms with Gasteiger partial charge in [-0.1, -0.05) is 11.6 Å². The number of tetrazole rings is 1. The van der Waals surface area contributed by atoms with E-state index < -0.39 is 0 Å². The molecule has 2 aromatic heterocycles. The van der Waals surface area contributed by atoms with E-state index in [1.54, 1.807) is 17.0 Å². The molecule has 0 bridgehead atoms. The number of halogens is 1. The second kappa shape index (κ2) is 6.36. The third kappa shape index (κ3) is 3.25. The summed E-state index contributed by atoms with van der Waals surface area (Å²) in [5, 5.41) is 13.2. The first-order valence-electron chi connectivity index (χ1n) is 7.18. The molecule has 2 heterocycles. The molecular formula is C14H16ClN9. The number of aromatic nitrogens is 7. The van der Waals surface area contributed by atoms with Crippen LogP contribution in [0.25, 0.3) is 11.4 Å². The van der Waals surface area contributed by atoms with E-state index in [2.05, 4.69) is 30.4 Å². The molecule has 10 heteroatoms. The Kier molecular flexibility index (Phi) is 4.26. The summed E-state index contributed by atoms with van der Waals surface area (Å²) in [6.07, 6.45) is 0. The summed E-state index contributed by atoms with van der Waals surface area (Å²) in [5.41, 5.74) is 6.58. The summed E-state index contributed by atoms with van der Waals surface area (Å²) in [4.78, 5) is 15.8. The fourth-order valence-electron chi connectivity index (χ4n) is 1.99. The summed E-state index contributed by atoms with van der Waals surface area (Å²) in [6, 6.07) is 6.87. The monoisotopic (exact) mass is 345 g/mol. The molecule has 1 atom stereocenters. The van der Waals surface area contributed by atoms with Crippen molar-refractivity contribution in [3.8, 4) is 11.4 Å². The SMILES string of the molecule is C[C@H](c1nc(N)nc(N(C)C)n1)n1nnc(-c2ccc(Cl)cc2)n1. The smallest absolute Gasteiger partial charge is 0.229 e. The lowest BCUT2D eigenvalue weighted by atomic mass is 10.2. The fraction of sp³-hybridized carbons (Fsp3) is 0.286. The highest BCUT2D eigenvalue weighted by Gasteiger charge is 2.18. The van der Waals surface area contributed by atoms with Gasteiger partial charge in [0.2, 0.25) is 17.7 Å². The average molecular weight is 346 g/mol. The van der Waals surface area contributed by atoms with E-state index in [1.165, 1.54) is 4.80 Å². The predicted molar refractivity (Wildman–Crippen MR) is 90.6 cm³/mol. The van der Waals surface area contributed by atoms with Crippen molar-refractivity contribution in [2.45, 2.75) is 13.0 Å². The highest BCUT2D eigenvalue weighted by Crippen LogP contribution is 2.19. The molecule has 9 nitrogen and oxygen atoms in total. The van der Waals surface area contributed by atoms with Crippen LogP contribution < -0.4 is 10.6 Å². The Balaban J connectivity index is 1.91. The van der Waals surface area contributed by atoms with E-state index in [4.69, 9.17) is 17.3 Å². The molecular weight excluding hydrogens is 330 g/mol. The Labute approximate surface area is 143 Å². The number of rotatable bonds is 4. The zero-order valence-electron chi connectivity index (χ0n) is 13.4. The van der Waals surface area contributed by atoms with E-state index in [1.807, 2.05) is 33.2 Å². The second-order valence-corrected chi connectivity index (χ2v) is 5.80. The van der Waals surface area contributed by atoms with Gasteiger partial charge in [0.15, 0.2) is 5.82 Å². The van der Waals surface area contributed by atoms with E-state index in [0.717, 1.165) is 5.56 Å². The minimum Gasteiger partial charge on any atom is -0.368 e. The van der Waals surface area contributed by atoms with Crippen LogP contribution in [-0.4, -0.2) is 49.3 Å². The van der Waals surface area contributed by atoms with E-state index >= 15 is 0 Å². The molecule has 2 N–H and O–H groups in total. The first kappa shape index (κ1) is 16.1. The number of nitrogens with zero attached hydrogens (tertiary/aromatic N) is 8. The van der Waals surface area contributed by atoms with Gasteiger partial charge < -0.3 is 10.6 Å². The fourth-order valence-corrected chi connectivity index (χ4v) is 2.12. The maximum Gasteiger partial charge on any atom is 0.229 e. The van der Waals surface area contributed by atoms with Gasteiger partial charge in [-0.2, -0.15) is 19.7 Å². The molecule has 0 aliphatic rings. The highest BCUT2D eigenvalue weighted by atomic mass is 35.5. The maximum absolute atomic E-state index is 5.89. The van der Waals surface area contributed by atoms with E-state index in [-0.39, 0.29) is 12.0 Å². The van der Waals surface area contributed by atoms with Gasteiger partial charge in [0.25, 0.3) is 0 Å². The van der Waals surface area contributed by atoms with Crippen LogP contribution in [0.4, 0.5) is 11.9 Å². The Morgan fingerprint density at radius 3 is 2.50 bits per heavy atom. The van der Waals surface area contributed by atoms with Crippen molar-refractivity contribution in [2.75, 3.05) is 24.7 Å². The summed E-state index contributed by atoms with van der Waals surface area (Å²) >= 11 is 5.89. The average Bonchev–Trinajstić information content (AvgIpc) is 3.04. The lowest BCUT2D eigenvalue weighted by Crippen LogP contribution is -2.20. The van der Waals surface area contributed by atoms with Crippen molar-refractivity contribution in [2.24, 2.45) is 0 Å². The number of anilines is 2. The van der Waals surface area contributed by atoms with Crippen LogP contribution in [0, 0.1) is 0 Å². The van der Waals surface area contributed by atoms with Gasteiger partial charge in [0.05, 0.1) is 0 Å². The molecule has 124 valence electrons. The zero-order chi connectivity index (χ0) is 17.3. The van der Waals surface area contributed by atoms with Crippen LogP contribution in [0.1, 0.15) is 18.8 Å². The van der Waals surface area contributed by atoms with Crippen LogP contribution in [0.5, 0.6) is 0 Å². The molecule has 0 saturated heterocycles. The lowest BCUT2D eigenvalue weighted by molar-refractivity contribution is 0.461. The van der Waals surface area contributed by atoms with Gasteiger partial charge in [-0.15, -0.1) is 10.2 Å². The van der Waals surface area contributed by atoms with Gasteiger partial charge in [-0.25, -0.2) is 0 Å². The number of benzene rings is 1. The Hall–Kier alpha value is -2.81. The maximum atomic E-state index is 5.89. The van der Waals surface area contributed by atoms with Crippen molar-refractivity contribution in [1.29, 1.82) is 0 Å². The van der Waals surface area contributed by atoms with Gasteiger partial charge in [0, 0.05) is 24.7 Å². The minimum atomic E-state index is -0.345. The summed E-state index contributed by atoms with van der Waals surface area (Å²) in [5.74, 6) is 1.58. The Bertz CT molecular complexity index is 844. The van der Waals surface area contributed by atoms with Crippen molar-refractivity contribution in [3.05, 3.63) is 35.1 Å². The largest absolute Gasteiger partial charge is 0.368 e.